The predicted octanol–water partition coefficient (Wildman–Crippen LogP) is 5.61. The van der Waals surface area contributed by atoms with Gasteiger partial charge in [-0.15, -0.1) is 0 Å². The van der Waals surface area contributed by atoms with Crippen LogP contribution in [-0.4, -0.2) is 0 Å². The third-order valence-electron chi connectivity index (χ3n) is 2.99. The molecule has 0 fully saturated rings. The van der Waals surface area contributed by atoms with E-state index in [0.29, 0.717) is 10.0 Å². The second kappa shape index (κ2) is 6.76. The minimum absolute atomic E-state index is 0.164. The maximum atomic E-state index is 6.20. The van der Waals surface area contributed by atoms with Crippen LogP contribution in [0.5, 0.6) is 0 Å². The first-order chi connectivity index (χ1) is 9.08. The van der Waals surface area contributed by atoms with Crippen molar-refractivity contribution in [2.24, 2.45) is 0 Å². The summed E-state index contributed by atoms with van der Waals surface area (Å²) < 4.78 is 1.11. The van der Waals surface area contributed by atoms with Crippen molar-refractivity contribution in [3.05, 3.63) is 68.1 Å². The van der Waals surface area contributed by atoms with Gasteiger partial charge in [-0.1, -0.05) is 63.4 Å². The molecular formula is C15H14BrCl2N. The van der Waals surface area contributed by atoms with Gasteiger partial charge < -0.3 is 5.32 Å². The van der Waals surface area contributed by atoms with E-state index in [2.05, 4.69) is 34.2 Å². The molecular weight excluding hydrogens is 345 g/mol. The Bertz CT molecular complexity index is 572. The van der Waals surface area contributed by atoms with Gasteiger partial charge in [-0.05, 0) is 36.2 Å². The van der Waals surface area contributed by atoms with Gasteiger partial charge in [0.25, 0.3) is 0 Å². The van der Waals surface area contributed by atoms with E-state index < -0.39 is 0 Å². The van der Waals surface area contributed by atoms with Crippen molar-refractivity contribution in [1.29, 1.82) is 0 Å². The van der Waals surface area contributed by atoms with E-state index in [1.807, 2.05) is 30.3 Å². The molecule has 1 N–H and O–H groups in total. The molecule has 2 rings (SSSR count). The minimum atomic E-state index is 0.164. The lowest BCUT2D eigenvalue weighted by Crippen LogP contribution is -2.18. The van der Waals surface area contributed by atoms with Gasteiger partial charge in [0.2, 0.25) is 0 Å². The van der Waals surface area contributed by atoms with Gasteiger partial charge in [-0.2, -0.15) is 0 Å². The molecule has 100 valence electrons. The topological polar surface area (TPSA) is 12.0 Å². The number of nitrogens with one attached hydrogen (secondary N) is 1. The van der Waals surface area contributed by atoms with Gasteiger partial charge in [-0.25, -0.2) is 0 Å². The summed E-state index contributed by atoms with van der Waals surface area (Å²) >= 11 is 15.7. The second-order valence-electron chi connectivity index (χ2n) is 4.36. The van der Waals surface area contributed by atoms with Crippen LogP contribution in [0.2, 0.25) is 10.0 Å². The lowest BCUT2D eigenvalue weighted by molar-refractivity contribution is 0.574. The second-order valence-corrected chi connectivity index (χ2v) is 6.06. The summed E-state index contributed by atoms with van der Waals surface area (Å²) in [4.78, 5) is 0. The van der Waals surface area contributed by atoms with Gasteiger partial charge in [-0.3, -0.25) is 0 Å². The fourth-order valence-electron chi connectivity index (χ4n) is 1.87. The van der Waals surface area contributed by atoms with Crippen LogP contribution < -0.4 is 5.32 Å². The smallest absolute Gasteiger partial charge is 0.0468 e. The molecule has 1 nitrogen and oxygen atoms in total. The average Bonchev–Trinajstić information content (AvgIpc) is 2.37. The molecule has 0 bridgehead atoms. The number of hydrogen-bond acceptors (Lipinski definition) is 1. The van der Waals surface area contributed by atoms with Gasteiger partial charge in [0.05, 0.1) is 0 Å². The molecule has 0 saturated heterocycles. The summed E-state index contributed by atoms with van der Waals surface area (Å²) in [5.74, 6) is 0. The highest BCUT2D eigenvalue weighted by Gasteiger charge is 2.10. The van der Waals surface area contributed by atoms with E-state index in [1.165, 1.54) is 5.56 Å². The molecule has 2 aromatic rings. The summed E-state index contributed by atoms with van der Waals surface area (Å²) in [5.41, 5.74) is 2.28. The summed E-state index contributed by atoms with van der Waals surface area (Å²) in [6.45, 7) is 2.87. The van der Waals surface area contributed by atoms with Crippen LogP contribution in [0.3, 0.4) is 0 Å². The Labute approximate surface area is 132 Å². The maximum absolute atomic E-state index is 6.20. The summed E-state index contributed by atoms with van der Waals surface area (Å²) in [7, 11) is 0. The van der Waals surface area contributed by atoms with Crippen LogP contribution in [0.1, 0.15) is 24.1 Å². The van der Waals surface area contributed by atoms with Gasteiger partial charge in [0.1, 0.15) is 0 Å². The predicted molar refractivity (Wildman–Crippen MR) is 85.9 cm³/mol. The molecule has 0 aliphatic rings. The molecule has 1 atom stereocenters. The van der Waals surface area contributed by atoms with E-state index in [0.717, 1.165) is 16.6 Å². The Morgan fingerprint density at radius 3 is 2.58 bits per heavy atom. The largest absolute Gasteiger partial charge is 0.306 e. The molecule has 0 spiro atoms. The van der Waals surface area contributed by atoms with E-state index in [9.17, 15) is 0 Å². The monoisotopic (exact) mass is 357 g/mol. The Morgan fingerprint density at radius 2 is 1.89 bits per heavy atom. The first kappa shape index (κ1) is 14.9. The molecule has 0 aliphatic heterocycles. The SMILES string of the molecule is CC(NCc1ccccc1Br)c1ccc(Cl)cc1Cl. The van der Waals surface area contributed by atoms with Crippen molar-refractivity contribution >= 4 is 39.1 Å². The van der Waals surface area contributed by atoms with Gasteiger partial charge in [0, 0.05) is 27.1 Å². The molecule has 0 saturated carbocycles. The van der Waals surface area contributed by atoms with Crippen molar-refractivity contribution in [2.75, 3.05) is 0 Å². The van der Waals surface area contributed by atoms with Crippen molar-refractivity contribution in [2.45, 2.75) is 19.5 Å². The van der Waals surface area contributed by atoms with E-state index in [-0.39, 0.29) is 6.04 Å². The highest BCUT2D eigenvalue weighted by molar-refractivity contribution is 9.10. The molecule has 0 radical (unpaired) electrons. The van der Waals surface area contributed by atoms with Crippen LogP contribution >= 0.6 is 39.1 Å². The lowest BCUT2D eigenvalue weighted by atomic mass is 10.1. The van der Waals surface area contributed by atoms with Gasteiger partial charge in [0.15, 0.2) is 0 Å². The zero-order valence-corrected chi connectivity index (χ0v) is 13.6. The third kappa shape index (κ3) is 3.96. The average molecular weight is 359 g/mol. The Hall–Kier alpha value is -0.540. The standard InChI is InChI=1S/C15H14BrCl2N/c1-10(13-7-6-12(17)8-15(13)18)19-9-11-4-2-3-5-14(11)16/h2-8,10,19H,9H2,1H3. The van der Waals surface area contributed by atoms with Crippen molar-refractivity contribution in [3.8, 4) is 0 Å². The highest BCUT2D eigenvalue weighted by Crippen LogP contribution is 2.26. The first-order valence-corrected chi connectivity index (χ1v) is 7.54. The first-order valence-electron chi connectivity index (χ1n) is 5.99. The Morgan fingerprint density at radius 1 is 1.16 bits per heavy atom. The number of benzene rings is 2. The maximum Gasteiger partial charge on any atom is 0.0468 e. The molecule has 0 aliphatic carbocycles. The molecule has 19 heavy (non-hydrogen) atoms. The fraction of sp³-hybridized carbons (Fsp3) is 0.200. The van der Waals surface area contributed by atoms with Crippen molar-refractivity contribution in [1.82, 2.24) is 5.32 Å². The fourth-order valence-corrected chi connectivity index (χ4v) is 2.86. The minimum Gasteiger partial charge on any atom is -0.306 e. The van der Waals surface area contributed by atoms with E-state index in [4.69, 9.17) is 23.2 Å². The quantitative estimate of drug-likeness (QED) is 0.749. The van der Waals surface area contributed by atoms with E-state index in [1.54, 1.807) is 6.07 Å². The normalized spacial score (nSPS) is 12.4. The highest BCUT2D eigenvalue weighted by atomic mass is 79.9. The number of hydrogen-bond donors (Lipinski definition) is 1. The van der Waals surface area contributed by atoms with Crippen molar-refractivity contribution in [3.63, 3.8) is 0 Å². The molecule has 2 aromatic carbocycles. The summed E-state index contributed by atoms with van der Waals surface area (Å²) in [5, 5.41) is 4.81. The van der Waals surface area contributed by atoms with Crippen molar-refractivity contribution < 1.29 is 0 Å². The van der Waals surface area contributed by atoms with Crippen LogP contribution in [0.15, 0.2) is 46.9 Å². The van der Waals surface area contributed by atoms with Crippen LogP contribution in [0.4, 0.5) is 0 Å². The summed E-state index contributed by atoms with van der Waals surface area (Å²) in [6.07, 6.45) is 0. The van der Waals surface area contributed by atoms with E-state index >= 15 is 0 Å². The number of rotatable bonds is 4. The van der Waals surface area contributed by atoms with Crippen LogP contribution in [0.25, 0.3) is 0 Å². The lowest BCUT2D eigenvalue weighted by Gasteiger charge is -2.16. The molecule has 0 aromatic heterocycles. The van der Waals surface area contributed by atoms with Crippen LogP contribution in [-0.2, 0) is 6.54 Å². The number of halogens is 3. The molecule has 0 heterocycles. The molecule has 0 amide bonds. The summed E-state index contributed by atoms with van der Waals surface area (Å²) in [6, 6.07) is 13.9. The zero-order chi connectivity index (χ0) is 13.8. The third-order valence-corrected chi connectivity index (χ3v) is 4.32. The van der Waals surface area contributed by atoms with Gasteiger partial charge >= 0.3 is 0 Å². The molecule has 4 heteroatoms. The Kier molecular flexibility index (Phi) is 5.28. The van der Waals surface area contributed by atoms with Crippen LogP contribution in [0, 0.1) is 0 Å². The molecule has 1 unspecified atom stereocenters. The Balaban J connectivity index is 2.05. The zero-order valence-electron chi connectivity index (χ0n) is 10.5.